The summed E-state index contributed by atoms with van der Waals surface area (Å²) in [5, 5.41) is 13.0. The molecule has 0 bridgehead atoms. The third kappa shape index (κ3) is 4.28. The van der Waals surface area contributed by atoms with Crippen molar-refractivity contribution in [2.45, 2.75) is 38.1 Å². The Morgan fingerprint density at radius 1 is 1.26 bits per heavy atom. The first-order chi connectivity index (χ1) is 14.8. The summed E-state index contributed by atoms with van der Waals surface area (Å²) in [7, 11) is -3.55. The van der Waals surface area contributed by atoms with Gasteiger partial charge in [-0.15, -0.1) is 10.2 Å². The Morgan fingerprint density at radius 2 is 2.06 bits per heavy atom. The van der Waals surface area contributed by atoms with Crippen LogP contribution >= 0.6 is 11.3 Å². The second-order valence-corrected chi connectivity index (χ2v) is 10.4. The van der Waals surface area contributed by atoms with E-state index < -0.39 is 9.84 Å². The summed E-state index contributed by atoms with van der Waals surface area (Å²) < 4.78 is 24.5. The minimum atomic E-state index is -3.55. The predicted molar refractivity (Wildman–Crippen MR) is 117 cm³/mol. The van der Waals surface area contributed by atoms with E-state index in [1.807, 2.05) is 6.92 Å². The number of sulfone groups is 1. The number of nitrogens with one attached hydrogen (secondary N) is 1. The van der Waals surface area contributed by atoms with Crippen molar-refractivity contribution in [2.75, 3.05) is 18.1 Å². The number of nitrogens with zero attached hydrogens (tertiary/aromatic N) is 5. The van der Waals surface area contributed by atoms with E-state index in [-0.39, 0.29) is 22.9 Å². The van der Waals surface area contributed by atoms with Crippen LogP contribution < -0.4 is 5.32 Å². The van der Waals surface area contributed by atoms with Crippen LogP contribution in [0.2, 0.25) is 0 Å². The zero-order valence-corrected chi connectivity index (χ0v) is 19.0. The second kappa shape index (κ2) is 8.31. The molecule has 11 heteroatoms. The van der Waals surface area contributed by atoms with Crippen LogP contribution in [0.1, 0.15) is 39.1 Å². The van der Waals surface area contributed by atoms with E-state index in [1.54, 1.807) is 24.0 Å². The van der Waals surface area contributed by atoms with Crippen molar-refractivity contribution in [1.82, 2.24) is 25.1 Å². The van der Waals surface area contributed by atoms with Crippen LogP contribution in [0.4, 0.5) is 10.9 Å². The average Bonchev–Trinajstić information content (AvgIpc) is 3.20. The number of fused-ring (bicyclic) bond motifs is 1. The van der Waals surface area contributed by atoms with Crippen LogP contribution in [-0.4, -0.2) is 52.2 Å². The molecule has 9 nitrogen and oxygen atoms in total. The lowest BCUT2D eigenvalue weighted by molar-refractivity contribution is 0.0729. The van der Waals surface area contributed by atoms with Crippen molar-refractivity contribution in [3.05, 3.63) is 51.9 Å². The van der Waals surface area contributed by atoms with Gasteiger partial charge in [-0.25, -0.2) is 18.4 Å². The normalized spacial score (nSPS) is 13.7. The van der Waals surface area contributed by atoms with E-state index in [0.717, 1.165) is 28.9 Å². The maximum absolute atomic E-state index is 13.4. The Kier molecular flexibility index (Phi) is 5.71. The molecule has 1 aliphatic heterocycles. The Morgan fingerprint density at radius 3 is 2.77 bits per heavy atom. The first-order valence-electron chi connectivity index (χ1n) is 9.79. The first kappa shape index (κ1) is 21.3. The number of hydrogen-bond donors (Lipinski definition) is 1. The van der Waals surface area contributed by atoms with Crippen LogP contribution in [0.3, 0.4) is 0 Å². The van der Waals surface area contributed by atoms with Crippen LogP contribution in [0, 0.1) is 6.92 Å². The standard InChI is InChI=1S/C20H22N6O3S2/c1-4-16-24-25-20(30-16)23-18-13-10-26(9-8-14(13)21-11-22-18)19(27)17-12(2)6-5-7-15(17)31(3,28)29/h5-7,11H,4,8-10H2,1-3H3,(H,21,22,23,25). The summed E-state index contributed by atoms with van der Waals surface area (Å²) in [5.74, 6) is 0.262. The number of anilines is 2. The van der Waals surface area contributed by atoms with Crippen LogP contribution in [-0.2, 0) is 29.2 Å². The SMILES string of the molecule is CCc1nnc(Nc2ncnc3c2CN(C(=O)c2c(C)cccc2S(C)(=O)=O)CC3)s1. The van der Waals surface area contributed by atoms with Crippen molar-refractivity contribution in [3.8, 4) is 0 Å². The van der Waals surface area contributed by atoms with Crippen LogP contribution in [0.5, 0.6) is 0 Å². The molecule has 0 saturated carbocycles. The van der Waals surface area contributed by atoms with E-state index in [0.29, 0.717) is 29.5 Å². The minimum absolute atomic E-state index is 0.0481. The number of carbonyl (C=O) groups excluding carboxylic acids is 1. The van der Waals surface area contributed by atoms with Gasteiger partial charge in [-0.1, -0.05) is 30.4 Å². The van der Waals surface area contributed by atoms with Gasteiger partial charge >= 0.3 is 0 Å². The summed E-state index contributed by atoms with van der Waals surface area (Å²) in [5.41, 5.74) is 2.50. The molecule has 1 aromatic carbocycles. The molecule has 1 aliphatic rings. The van der Waals surface area contributed by atoms with E-state index in [2.05, 4.69) is 25.5 Å². The van der Waals surface area contributed by atoms with Crippen molar-refractivity contribution in [1.29, 1.82) is 0 Å². The summed E-state index contributed by atoms with van der Waals surface area (Å²) in [6, 6.07) is 4.87. The minimum Gasteiger partial charge on any atom is -0.334 e. The zero-order valence-electron chi connectivity index (χ0n) is 17.4. The Labute approximate surface area is 184 Å². The third-order valence-electron chi connectivity index (χ3n) is 5.13. The fraction of sp³-hybridized carbons (Fsp3) is 0.350. The molecule has 0 aliphatic carbocycles. The van der Waals surface area contributed by atoms with Gasteiger partial charge < -0.3 is 10.2 Å². The molecular weight excluding hydrogens is 436 g/mol. The van der Waals surface area contributed by atoms with Crippen LogP contribution in [0.15, 0.2) is 29.4 Å². The number of rotatable bonds is 5. The number of hydrogen-bond acceptors (Lipinski definition) is 9. The summed E-state index contributed by atoms with van der Waals surface area (Å²) in [6.45, 7) is 4.47. The topological polar surface area (TPSA) is 118 Å². The molecule has 3 heterocycles. The van der Waals surface area contributed by atoms with E-state index in [9.17, 15) is 13.2 Å². The molecule has 3 aromatic rings. The highest BCUT2D eigenvalue weighted by Gasteiger charge is 2.29. The molecular formula is C20H22N6O3S2. The number of amides is 1. The number of carbonyl (C=O) groups is 1. The average molecular weight is 459 g/mol. The van der Waals surface area contributed by atoms with Crippen molar-refractivity contribution in [3.63, 3.8) is 0 Å². The van der Waals surface area contributed by atoms with Crippen molar-refractivity contribution < 1.29 is 13.2 Å². The number of benzene rings is 1. The molecule has 2 aromatic heterocycles. The van der Waals surface area contributed by atoms with Crippen molar-refractivity contribution >= 4 is 38.0 Å². The highest BCUT2D eigenvalue weighted by Crippen LogP contribution is 2.29. The van der Waals surface area contributed by atoms with Gasteiger partial charge in [0.05, 0.1) is 22.7 Å². The van der Waals surface area contributed by atoms with Gasteiger partial charge in [0, 0.05) is 24.8 Å². The van der Waals surface area contributed by atoms with Crippen molar-refractivity contribution in [2.24, 2.45) is 0 Å². The molecule has 0 atom stereocenters. The third-order valence-corrected chi connectivity index (χ3v) is 7.25. The second-order valence-electron chi connectivity index (χ2n) is 7.32. The lowest BCUT2D eigenvalue weighted by Crippen LogP contribution is -2.37. The summed E-state index contributed by atoms with van der Waals surface area (Å²) in [6.07, 6.45) is 3.95. The Bertz CT molecular complexity index is 1260. The maximum Gasteiger partial charge on any atom is 0.255 e. The van der Waals surface area contributed by atoms with Gasteiger partial charge in [0.25, 0.3) is 5.91 Å². The molecule has 0 spiro atoms. The predicted octanol–water partition coefficient (Wildman–Crippen LogP) is 2.54. The fourth-order valence-electron chi connectivity index (χ4n) is 3.55. The van der Waals surface area contributed by atoms with E-state index >= 15 is 0 Å². The molecule has 0 unspecified atom stereocenters. The molecule has 1 amide bonds. The summed E-state index contributed by atoms with van der Waals surface area (Å²) in [4.78, 5) is 23.8. The molecule has 4 rings (SSSR count). The smallest absolute Gasteiger partial charge is 0.255 e. The van der Waals surface area contributed by atoms with Gasteiger partial charge in [-0.2, -0.15) is 0 Å². The van der Waals surface area contributed by atoms with Gasteiger partial charge in [0.2, 0.25) is 5.13 Å². The maximum atomic E-state index is 13.4. The molecule has 162 valence electrons. The molecule has 31 heavy (non-hydrogen) atoms. The largest absolute Gasteiger partial charge is 0.334 e. The molecule has 0 saturated heterocycles. The number of aromatic nitrogens is 4. The lowest BCUT2D eigenvalue weighted by atomic mass is 10.0. The Hall–Kier alpha value is -2.92. The van der Waals surface area contributed by atoms with Gasteiger partial charge in [-0.05, 0) is 25.0 Å². The monoisotopic (exact) mass is 458 g/mol. The first-order valence-corrected chi connectivity index (χ1v) is 12.5. The summed E-state index contributed by atoms with van der Waals surface area (Å²) >= 11 is 1.45. The lowest BCUT2D eigenvalue weighted by Gasteiger charge is -2.30. The van der Waals surface area contributed by atoms with Gasteiger partial charge in [-0.3, -0.25) is 4.79 Å². The van der Waals surface area contributed by atoms with E-state index in [1.165, 1.54) is 23.7 Å². The highest BCUT2D eigenvalue weighted by atomic mass is 32.2. The Balaban J connectivity index is 1.66. The highest BCUT2D eigenvalue weighted by molar-refractivity contribution is 7.90. The molecule has 0 fully saturated rings. The molecule has 1 N–H and O–H groups in total. The number of aryl methyl sites for hydroxylation is 2. The zero-order chi connectivity index (χ0) is 22.2. The van der Waals surface area contributed by atoms with Gasteiger partial charge in [0.1, 0.15) is 17.2 Å². The fourth-order valence-corrected chi connectivity index (χ4v) is 5.18. The molecule has 0 radical (unpaired) electrons. The van der Waals surface area contributed by atoms with E-state index in [4.69, 9.17) is 0 Å². The van der Waals surface area contributed by atoms with Gasteiger partial charge in [0.15, 0.2) is 9.84 Å². The van der Waals surface area contributed by atoms with Crippen LogP contribution in [0.25, 0.3) is 0 Å². The quantitative estimate of drug-likeness (QED) is 0.620.